The van der Waals surface area contributed by atoms with Crippen LogP contribution in [0, 0.1) is 0 Å². The van der Waals surface area contributed by atoms with Crippen molar-refractivity contribution in [2.45, 2.75) is 232 Å². The Kier molecular flexibility index (Phi) is 46.5. The van der Waals surface area contributed by atoms with Gasteiger partial charge in [-0.15, -0.1) is 0 Å². The molecule has 0 heterocycles. The van der Waals surface area contributed by atoms with E-state index in [1.54, 1.807) is 0 Å². The first-order valence-corrected chi connectivity index (χ1v) is 24.5. The zero-order valence-electron chi connectivity index (χ0n) is 38.3. The molecule has 1 unspecified atom stereocenters. The van der Waals surface area contributed by atoms with Crippen molar-refractivity contribution in [1.82, 2.24) is 0 Å². The molecule has 334 valence electrons. The smallest absolute Gasteiger partial charge is 0.306 e. The number of rotatable bonds is 44. The maximum Gasteiger partial charge on any atom is 0.306 e. The summed E-state index contributed by atoms with van der Waals surface area (Å²) in [5.74, 6) is -0.425. The molecule has 58 heavy (non-hydrogen) atoms. The highest BCUT2D eigenvalue weighted by Gasteiger charge is 2.17. The number of ether oxygens (including phenoxy) is 3. The summed E-state index contributed by atoms with van der Waals surface area (Å²) in [7, 11) is 0. The molecule has 0 aliphatic heterocycles. The molecule has 0 N–H and O–H groups in total. The Hall–Kier alpha value is -2.66. The molecule has 0 saturated heterocycles. The van der Waals surface area contributed by atoms with Gasteiger partial charge in [0.05, 0.1) is 6.61 Å². The molecule has 0 aliphatic carbocycles. The van der Waals surface area contributed by atoms with E-state index < -0.39 is 6.10 Å². The fraction of sp³-hybridized carbons (Fsp3) is 0.736. The van der Waals surface area contributed by atoms with E-state index in [2.05, 4.69) is 93.7 Å². The molecule has 0 bridgehead atoms. The summed E-state index contributed by atoms with van der Waals surface area (Å²) in [4.78, 5) is 25.2. The molecule has 0 radical (unpaired) electrons. The van der Waals surface area contributed by atoms with Crippen LogP contribution in [0.5, 0.6) is 0 Å². The van der Waals surface area contributed by atoms with Gasteiger partial charge in [-0.1, -0.05) is 196 Å². The number of carbonyl (C=O) groups is 2. The lowest BCUT2D eigenvalue weighted by molar-refractivity contribution is -0.163. The highest BCUT2D eigenvalue weighted by molar-refractivity contribution is 5.70. The van der Waals surface area contributed by atoms with Crippen molar-refractivity contribution < 1.29 is 23.8 Å². The Labute approximate surface area is 359 Å². The van der Waals surface area contributed by atoms with Crippen molar-refractivity contribution in [3.05, 3.63) is 72.9 Å². The van der Waals surface area contributed by atoms with Gasteiger partial charge in [-0.25, -0.2) is 0 Å². The third-order valence-corrected chi connectivity index (χ3v) is 10.2. The standard InChI is InChI=1S/C53H92O5/c1-4-7-10-13-16-18-20-22-24-26-27-28-29-31-33-35-38-40-43-46-52(54)57-50-51(58-53(55)47-44-41-37-15-12-9-6-3)49-56-48-45-42-39-36-34-32-30-25-23-21-19-17-14-11-8-5-2/h8,11,16-19,22-25,27-28,51H,4-7,9-10,12-15,20-21,26,29-50H2,1-3H3/b11-8-,18-16-,19-17-,24-22-,25-23-,28-27-. The predicted molar refractivity (Wildman–Crippen MR) is 251 cm³/mol. The first-order valence-electron chi connectivity index (χ1n) is 24.5. The van der Waals surface area contributed by atoms with E-state index >= 15 is 0 Å². The van der Waals surface area contributed by atoms with E-state index in [9.17, 15) is 9.59 Å². The molecule has 0 aromatic heterocycles. The first kappa shape index (κ1) is 55.3. The summed E-state index contributed by atoms with van der Waals surface area (Å²) >= 11 is 0. The van der Waals surface area contributed by atoms with Gasteiger partial charge in [0.15, 0.2) is 6.10 Å². The monoisotopic (exact) mass is 809 g/mol. The van der Waals surface area contributed by atoms with Gasteiger partial charge >= 0.3 is 11.9 Å². The molecule has 5 nitrogen and oxygen atoms in total. The zero-order valence-corrected chi connectivity index (χ0v) is 38.3. The molecule has 0 aliphatic rings. The van der Waals surface area contributed by atoms with Crippen LogP contribution in [0.15, 0.2) is 72.9 Å². The van der Waals surface area contributed by atoms with E-state index in [0.29, 0.717) is 19.4 Å². The molecular weight excluding hydrogens is 717 g/mol. The molecule has 0 rings (SSSR count). The van der Waals surface area contributed by atoms with Crippen LogP contribution in [0.3, 0.4) is 0 Å². The number of hydrogen-bond acceptors (Lipinski definition) is 5. The van der Waals surface area contributed by atoms with Crippen LogP contribution in [0.25, 0.3) is 0 Å². The molecule has 0 amide bonds. The van der Waals surface area contributed by atoms with Crippen LogP contribution in [-0.2, 0) is 23.8 Å². The van der Waals surface area contributed by atoms with Gasteiger partial charge in [0.1, 0.15) is 6.61 Å². The zero-order chi connectivity index (χ0) is 42.1. The van der Waals surface area contributed by atoms with Crippen LogP contribution in [0.2, 0.25) is 0 Å². The van der Waals surface area contributed by atoms with Crippen molar-refractivity contribution in [3.63, 3.8) is 0 Å². The van der Waals surface area contributed by atoms with Crippen molar-refractivity contribution in [2.75, 3.05) is 19.8 Å². The summed E-state index contributed by atoms with van der Waals surface area (Å²) in [6.07, 6.45) is 62.0. The SMILES string of the molecule is CC/C=C\C/C=C\C/C=C\CCCCCCCCOCC(COC(=O)CCCCCCCC/C=C\C/C=C\C/C=C\CCCCC)OC(=O)CCCCCCCCC. The Morgan fingerprint density at radius 2 is 0.776 bits per heavy atom. The number of carbonyl (C=O) groups excluding carboxylic acids is 2. The molecule has 0 aromatic rings. The number of unbranched alkanes of at least 4 members (excludes halogenated alkanes) is 21. The molecule has 0 spiro atoms. The maximum atomic E-state index is 12.6. The minimum Gasteiger partial charge on any atom is -0.462 e. The van der Waals surface area contributed by atoms with Crippen molar-refractivity contribution in [2.24, 2.45) is 0 Å². The average Bonchev–Trinajstić information content (AvgIpc) is 3.22. The third kappa shape index (κ3) is 46.0. The second kappa shape index (κ2) is 48.7. The second-order valence-corrected chi connectivity index (χ2v) is 16.0. The van der Waals surface area contributed by atoms with Gasteiger partial charge in [0, 0.05) is 19.4 Å². The molecule has 0 saturated carbocycles. The topological polar surface area (TPSA) is 61.8 Å². The van der Waals surface area contributed by atoms with Gasteiger partial charge in [-0.05, 0) is 89.9 Å². The van der Waals surface area contributed by atoms with Crippen molar-refractivity contribution in [1.29, 1.82) is 0 Å². The Morgan fingerprint density at radius 3 is 1.28 bits per heavy atom. The lowest BCUT2D eigenvalue weighted by atomic mass is 10.1. The molecule has 5 heteroatoms. The number of allylic oxidation sites excluding steroid dienone is 12. The van der Waals surface area contributed by atoms with E-state index in [-0.39, 0.29) is 25.2 Å². The minimum absolute atomic E-state index is 0.0715. The van der Waals surface area contributed by atoms with Crippen molar-refractivity contribution >= 4 is 11.9 Å². The fourth-order valence-electron chi connectivity index (χ4n) is 6.59. The fourth-order valence-corrected chi connectivity index (χ4v) is 6.59. The molecule has 0 fully saturated rings. The van der Waals surface area contributed by atoms with Gasteiger partial charge in [0.2, 0.25) is 0 Å². The van der Waals surface area contributed by atoms with E-state index in [0.717, 1.165) is 96.3 Å². The van der Waals surface area contributed by atoms with E-state index in [4.69, 9.17) is 14.2 Å². The summed E-state index contributed by atoms with van der Waals surface area (Å²) < 4.78 is 17.3. The van der Waals surface area contributed by atoms with Crippen LogP contribution < -0.4 is 0 Å². The average molecular weight is 809 g/mol. The van der Waals surface area contributed by atoms with Crippen LogP contribution in [-0.4, -0.2) is 37.9 Å². The minimum atomic E-state index is -0.547. The summed E-state index contributed by atoms with van der Waals surface area (Å²) in [5, 5.41) is 0. The van der Waals surface area contributed by atoms with Gasteiger partial charge < -0.3 is 14.2 Å². The largest absolute Gasteiger partial charge is 0.462 e. The third-order valence-electron chi connectivity index (χ3n) is 10.2. The lowest BCUT2D eigenvalue weighted by Gasteiger charge is -2.18. The predicted octanol–water partition coefficient (Wildman–Crippen LogP) is 16.3. The first-order chi connectivity index (χ1) is 28.6. The van der Waals surface area contributed by atoms with Gasteiger partial charge in [-0.2, -0.15) is 0 Å². The quantitative estimate of drug-likeness (QED) is 0.0348. The second-order valence-electron chi connectivity index (χ2n) is 16.0. The molecule has 1 atom stereocenters. The van der Waals surface area contributed by atoms with E-state index in [1.807, 2.05) is 0 Å². The highest BCUT2D eigenvalue weighted by atomic mass is 16.6. The van der Waals surface area contributed by atoms with Crippen LogP contribution in [0.4, 0.5) is 0 Å². The van der Waals surface area contributed by atoms with Crippen LogP contribution >= 0.6 is 0 Å². The normalized spacial score (nSPS) is 12.8. The van der Waals surface area contributed by atoms with Crippen LogP contribution in [0.1, 0.15) is 226 Å². The summed E-state index contributed by atoms with van der Waals surface area (Å²) in [6.45, 7) is 7.62. The Bertz CT molecular complexity index is 1050. The maximum absolute atomic E-state index is 12.6. The summed E-state index contributed by atoms with van der Waals surface area (Å²) in [5.41, 5.74) is 0. The number of hydrogen-bond donors (Lipinski definition) is 0. The lowest BCUT2D eigenvalue weighted by Crippen LogP contribution is -2.30. The van der Waals surface area contributed by atoms with E-state index in [1.165, 1.54) is 96.3 Å². The van der Waals surface area contributed by atoms with Crippen molar-refractivity contribution in [3.8, 4) is 0 Å². The summed E-state index contributed by atoms with van der Waals surface area (Å²) in [6, 6.07) is 0. The van der Waals surface area contributed by atoms with Gasteiger partial charge in [0.25, 0.3) is 0 Å². The molecule has 0 aromatic carbocycles. The Balaban J connectivity index is 4.17. The molecular formula is C53H92O5. The number of esters is 2. The van der Waals surface area contributed by atoms with Gasteiger partial charge in [-0.3, -0.25) is 9.59 Å². The highest BCUT2D eigenvalue weighted by Crippen LogP contribution is 2.13. The Morgan fingerprint density at radius 1 is 0.397 bits per heavy atom.